The average molecular weight is 401 g/mol. The summed E-state index contributed by atoms with van der Waals surface area (Å²) in [6.07, 6.45) is 2.25. The highest BCUT2D eigenvalue weighted by atomic mass is 16.5. The van der Waals surface area contributed by atoms with Crippen LogP contribution >= 0.6 is 0 Å². The molecule has 0 aliphatic carbocycles. The van der Waals surface area contributed by atoms with Gasteiger partial charge >= 0.3 is 0 Å². The van der Waals surface area contributed by atoms with Crippen molar-refractivity contribution in [3.8, 4) is 5.75 Å². The van der Waals surface area contributed by atoms with E-state index in [-0.39, 0.29) is 12.0 Å². The van der Waals surface area contributed by atoms with E-state index in [0.29, 0.717) is 25.4 Å². The molecular formula is C22H32N4O3. The molecule has 1 unspecified atom stereocenters. The molecule has 1 atom stereocenters. The van der Waals surface area contributed by atoms with Crippen LogP contribution in [0.25, 0.3) is 0 Å². The Hall–Kier alpha value is -2.96. The first-order valence-electron chi connectivity index (χ1n) is 10.1. The van der Waals surface area contributed by atoms with E-state index in [2.05, 4.69) is 20.9 Å². The number of carbonyl (C=O) groups excluding carboxylic acids is 1. The van der Waals surface area contributed by atoms with Crippen molar-refractivity contribution < 1.29 is 13.9 Å². The van der Waals surface area contributed by atoms with Crippen molar-refractivity contribution in [1.82, 2.24) is 16.0 Å². The fourth-order valence-electron chi connectivity index (χ4n) is 2.69. The van der Waals surface area contributed by atoms with Gasteiger partial charge in [-0.15, -0.1) is 0 Å². The third-order valence-electron chi connectivity index (χ3n) is 4.27. The molecule has 7 heteroatoms. The second-order valence-electron chi connectivity index (χ2n) is 6.88. The number of benzene rings is 1. The molecule has 0 aliphatic rings. The van der Waals surface area contributed by atoms with Crippen LogP contribution in [0, 0.1) is 13.8 Å². The van der Waals surface area contributed by atoms with Gasteiger partial charge in [-0.3, -0.25) is 4.79 Å². The highest BCUT2D eigenvalue weighted by Gasteiger charge is 2.11. The molecule has 2 aromatic rings. The summed E-state index contributed by atoms with van der Waals surface area (Å²) in [7, 11) is 0. The van der Waals surface area contributed by atoms with Crippen molar-refractivity contribution in [3.63, 3.8) is 0 Å². The maximum absolute atomic E-state index is 12.0. The lowest BCUT2D eigenvalue weighted by Gasteiger charge is -2.16. The van der Waals surface area contributed by atoms with E-state index in [4.69, 9.17) is 9.15 Å². The minimum absolute atomic E-state index is 0.0395. The standard InChI is InChI=1S/C22H32N4O3/c1-5-23-22(26-15-18(4)29-19-10-7-6-9-16(19)2)25-13-8-12-24-21(27)20-17(3)11-14-28-20/h6-7,9-11,14,18H,5,8,12-13,15H2,1-4H3,(H,24,27)(H2,23,25,26). The third-order valence-corrected chi connectivity index (χ3v) is 4.27. The predicted molar refractivity (Wildman–Crippen MR) is 116 cm³/mol. The number of para-hydroxylation sites is 1. The predicted octanol–water partition coefficient (Wildman–Crippen LogP) is 3.04. The number of ether oxygens (including phenoxy) is 1. The lowest BCUT2D eigenvalue weighted by molar-refractivity contribution is 0.0925. The number of hydrogen-bond donors (Lipinski definition) is 3. The van der Waals surface area contributed by atoms with E-state index in [1.165, 1.54) is 6.26 Å². The monoisotopic (exact) mass is 400 g/mol. The second-order valence-corrected chi connectivity index (χ2v) is 6.88. The largest absolute Gasteiger partial charge is 0.489 e. The van der Waals surface area contributed by atoms with Gasteiger partial charge in [0.1, 0.15) is 11.9 Å². The van der Waals surface area contributed by atoms with Crippen LogP contribution in [0.3, 0.4) is 0 Å². The van der Waals surface area contributed by atoms with Crippen LogP contribution < -0.4 is 20.7 Å². The van der Waals surface area contributed by atoms with Gasteiger partial charge in [0.25, 0.3) is 5.91 Å². The van der Waals surface area contributed by atoms with Crippen LogP contribution in [-0.2, 0) is 0 Å². The summed E-state index contributed by atoms with van der Waals surface area (Å²) in [5.74, 6) is 1.81. The lowest BCUT2D eigenvalue weighted by atomic mass is 10.2. The minimum Gasteiger partial charge on any atom is -0.489 e. The summed E-state index contributed by atoms with van der Waals surface area (Å²) >= 11 is 0. The van der Waals surface area contributed by atoms with Gasteiger partial charge in [0.15, 0.2) is 11.7 Å². The number of rotatable bonds is 10. The van der Waals surface area contributed by atoms with Crippen LogP contribution in [0.2, 0.25) is 0 Å². The van der Waals surface area contributed by atoms with E-state index < -0.39 is 0 Å². The maximum Gasteiger partial charge on any atom is 0.287 e. The Bertz CT molecular complexity index is 801. The lowest BCUT2D eigenvalue weighted by Crippen LogP contribution is -2.39. The molecule has 1 heterocycles. The molecule has 0 radical (unpaired) electrons. The summed E-state index contributed by atoms with van der Waals surface area (Å²) in [4.78, 5) is 16.6. The molecule has 29 heavy (non-hydrogen) atoms. The first kappa shape index (κ1) is 22.3. The molecule has 7 nitrogen and oxygen atoms in total. The smallest absolute Gasteiger partial charge is 0.287 e. The van der Waals surface area contributed by atoms with Gasteiger partial charge in [-0.05, 0) is 51.8 Å². The minimum atomic E-state index is -0.185. The Morgan fingerprint density at radius 3 is 2.55 bits per heavy atom. The fourth-order valence-corrected chi connectivity index (χ4v) is 2.69. The average Bonchev–Trinajstić information content (AvgIpc) is 3.13. The second kappa shape index (κ2) is 11.8. The number of carbonyl (C=O) groups is 1. The number of nitrogens with zero attached hydrogens (tertiary/aromatic N) is 1. The Balaban J connectivity index is 1.72. The van der Waals surface area contributed by atoms with Gasteiger partial charge < -0.3 is 25.1 Å². The van der Waals surface area contributed by atoms with Gasteiger partial charge in [0.05, 0.1) is 12.8 Å². The zero-order chi connectivity index (χ0) is 21.1. The Kier molecular flexibility index (Phi) is 9.08. The van der Waals surface area contributed by atoms with Crippen LogP contribution in [0.4, 0.5) is 0 Å². The van der Waals surface area contributed by atoms with Crippen LogP contribution in [0.15, 0.2) is 46.0 Å². The first-order valence-corrected chi connectivity index (χ1v) is 10.1. The normalized spacial score (nSPS) is 12.3. The van der Waals surface area contributed by atoms with E-state index in [1.54, 1.807) is 6.07 Å². The first-order chi connectivity index (χ1) is 14.0. The summed E-state index contributed by atoms with van der Waals surface area (Å²) < 4.78 is 11.2. The molecule has 0 saturated heterocycles. The number of nitrogens with one attached hydrogen (secondary N) is 3. The van der Waals surface area contributed by atoms with Gasteiger partial charge in [-0.2, -0.15) is 0 Å². The molecule has 2 rings (SSSR count). The summed E-state index contributed by atoms with van der Waals surface area (Å²) in [6, 6.07) is 9.74. The number of hydrogen-bond acceptors (Lipinski definition) is 4. The zero-order valence-corrected chi connectivity index (χ0v) is 17.7. The quantitative estimate of drug-likeness (QED) is 0.324. The van der Waals surface area contributed by atoms with Crippen LogP contribution in [-0.4, -0.2) is 44.1 Å². The van der Waals surface area contributed by atoms with E-state index in [9.17, 15) is 4.79 Å². The van der Waals surface area contributed by atoms with Crippen molar-refractivity contribution in [2.24, 2.45) is 4.99 Å². The number of guanidine groups is 1. The zero-order valence-electron chi connectivity index (χ0n) is 17.7. The Labute approximate surface area is 172 Å². The number of furan rings is 1. The molecular weight excluding hydrogens is 368 g/mol. The molecule has 0 aliphatic heterocycles. The molecule has 1 amide bonds. The molecule has 158 valence electrons. The Morgan fingerprint density at radius 2 is 1.86 bits per heavy atom. The van der Waals surface area contributed by atoms with E-state index in [1.807, 2.05) is 52.0 Å². The summed E-state index contributed by atoms with van der Waals surface area (Å²) in [5, 5.41) is 9.36. The highest BCUT2D eigenvalue weighted by Crippen LogP contribution is 2.17. The van der Waals surface area contributed by atoms with Crippen molar-refractivity contribution in [2.75, 3.05) is 26.2 Å². The van der Waals surface area contributed by atoms with Crippen LogP contribution in [0.1, 0.15) is 41.9 Å². The SMILES string of the molecule is CCNC(=NCC(C)Oc1ccccc1C)NCCCNC(=O)c1occc1C. The molecule has 0 fully saturated rings. The number of aliphatic imine (C=N–C) groups is 1. The topological polar surface area (TPSA) is 87.9 Å². The van der Waals surface area contributed by atoms with Gasteiger partial charge in [-0.1, -0.05) is 18.2 Å². The van der Waals surface area contributed by atoms with Gasteiger partial charge in [0.2, 0.25) is 0 Å². The third kappa shape index (κ3) is 7.52. The summed E-state index contributed by atoms with van der Waals surface area (Å²) in [5.41, 5.74) is 1.95. The molecule has 0 spiro atoms. The summed E-state index contributed by atoms with van der Waals surface area (Å²) in [6.45, 7) is 10.5. The van der Waals surface area contributed by atoms with Gasteiger partial charge in [0, 0.05) is 25.2 Å². The molecule has 1 aromatic heterocycles. The van der Waals surface area contributed by atoms with Crippen molar-refractivity contribution in [1.29, 1.82) is 0 Å². The van der Waals surface area contributed by atoms with Crippen LogP contribution in [0.5, 0.6) is 5.75 Å². The van der Waals surface area contributed by atoms with Crippen molar-refractivity contribution >= 4 is 11.9 Å². The number of amides is 1. The molecule has 3 N–H and O–H groups in total. The molecule has 1 aromatic carbocycles. The molecule has 0 saturated carbocycles. The van der Waals surface area contributed by atoms with Gasteiger partial charge in [-0.25, -0.2) is 4.99 Å². The highest BCUT2D eigenvalue weighted by molar-refractivity contribution is 5.92. The fraction of sp³-hybridized carbons (Fsp3) is 0.455. The van der Waals surface area contributed by atoms with Crippen molar-refractivity contribution in [2.45, 2.75) is 40.2 Å². The number of aryl methyl sites for hydroxylation is 2. The van der Waals surface area contributed by atoms with E-state index in [0.717, 1.165) is 35.8 Å². The Morgan fingerprint density at radius 1 is 1.10 bits per heavy atom. The molecule has 0 bridgehead atoms. The van der Waals surface area contributed by atoms with E-state index >= 15 is 0 Å². The maximum atomic E-state index is 12.0. The van der Waals surface area contributed by atoms with Crippen molar-refractivity contribution in [3.05, 3.63) is 53.5 Å².